The number of ether oxygens (including phenoxy) is 1. The molecule has 0 fully saturated rings. The van der Waals surface area contributed by atoms with Gasteiger partial charge in [-0.25, -0.2) is 9.18 Å². The van der Waals surface area contributed by atoms with Crippen molar-refractivity contribution in [1.29, 1.82) is 0 Å². The van der Waals surface area contributed by atoms with Gasteiger partial charge in [-0.3, -0.25) is 0 Å². The summed E-state index contributed by atoms with van der Waals surface area (Å²) in [5.74, 6) is -1.23. The highest BCUT2D eigenvalue weighted by atomic mass is 79.9. The van der Waals surface area contributed by atoms with E-state index in [4.69, 9.17) is 10.5 Å². The van der Waals surface area contributed by atoms with Gasteiger partial charge in [0, 0.05) is 0 Å². The maximum atomic E-state index is 13.4. The standard InChI is InChI=1S/C11H13BrFNO2/c1-11(2,3)16-10(15)6-4-5-7(14)9(13)8(6)12/h4-5H,14H2,1-3H3. The Hall–Kier alpha value is -1.10. The van der Waals surface area contributed by atoms with E-state index in [2.05, 4.69) is 15.9 Å². The lowest BCUT2D eigenvalue weighted by atomic mass is 10.1. The van der Waals surface area contributed by atoms with E-state index < -0.39 is 17.4 Å². The highest BCUT2D eigenvalue weighted by Gasteiger charge is 2.21. The summed E-state index contributed by atoms with van der Waals surface area (Å²) in [5, 5.41) is 0. The first-order valence-corrected chi connectivity index (χ1v) is 5.48. The summed E-state index contributed by atoms with van der Waals surface area (Å²) in [5.41, 5.74) is 4.85. The van der Waals surface area contributed by atoms with Crippen LogP contribution in [-0.4, -0.2) is 11.6 Å². The van der Waals surface area contributed by atoms with Gasteiger partial charge < -0.3 is 10.5 Å². The van der Waals surface area contributed by atoms with Crippen LogP contribution in [0.3, 0.4) is 0 Å². The molecular weight excluding hydrogens is 277 g/mol. The molecule has 0 aliphatic carbocycles. The molecule has 0 saturated carbocycles. The third-order valence-corrected chi connectivity index (χ3v) is 2.51. The zero-order valence-electron chi connectivity index (χ0n) is 9.30. The molecule has 0 atom stereocenters. The lowest BCUT2D eigenvalue weighted by molar-refractivity contribution is 0.00679. The number of hydrogen-bond donors (Lipinski definition) is 1. The van der Waals surface area contributed by atoms with Crippen LogP contribution in [0.5, 0.6) is 0 Å². The molecule has 0 aromatic heterocycles. The number of nitrogens with two attached hydrogens (primary N) is 1. The van der Waals surface area contributed by atoms with Gasteiger partial charge in [0.15, 0.2) is 5.82 Å². The fourth-order valence-corrected chi connectivity index (χ4v) is 1.58. The lowest BCUT2D eigenvalue weighted by Crippen LogP contribution is -2.24. The minimum absolute atomic E-state index is 0.0146. The van der Waals surface area contributed by atoms with E-state index in [0.29, 0.717) is 0 Å². The summed E-state index contributed by atoms with van der Waals surface area (Å²) in [7, 11) is 0. The van der Waals surface area contributed by atoms with Gasteiger partial charge in [-0.2, -0.15) is 0 Å². The van der Waals surface area contributed by atoms with Crippen molar-refractivity contribution < 1.29 is 13.9 Å². The van der Waals surface area contributed by atoms with Gasteiger partial charge in [0.1, 0.15) is 5.60 Å². The maximum Gasteiger partial charge on any atom is 0.339 e. The van der Waals surface area contributed by atoms with Crippen LogP contribution in [0, 0.1) is 5.82 Å². The lowest BCUT2D eigenvalue weighted by Gasteiger charge is -2.20. The number of rotatable bonds is 1. The Morgan fingerprint density at radius 2 is 2.00 bits per heavy atom. The van der Waals surface area contributed by atoms with E-state index in [1.54, 1.807) is 20.8 Å². The van der Waals surface area contributed by atoms with Crippen molar-refractivity contribution in [3.63, 3.8) is 0 Å². The molecule has 0 radical (unpaired) electrons. The van der Waals surface area contributed by atoms with Crippen LogP contribution < -0.4 is 5.73 Å². The molecule has 0 aliphatic heterocycles. The van der Waals surface area contributed by atoms with Crippen molar-refractivity contribution in [2.45, 2.75) is 26.4 Å². The smallest absolute Gasteiger partial charge is 0.339 e. The molecular formula is C11H13BrFNO2. The first-order valence-electron chi connectivity index (χ1n) is 4.69. The maximum absolute atomic E-state index is 13.4. The molecule has 5 heteroatoms. The SMILES string of the molecule is CC(C)(C)OC(=O)c1ccc(N)c(F)c1Br. The van der Waals surface area contributed by atoms with Gasteiger partial charge in [0.05, 0.1) is 15.7 Å². The largest absolute Gasteiger partial charge is 0.456 e. The van der Waals surface area contributed by atoms with Crippen molar-refractivity contribution in [1.82, 2.24) is 0 Å². The second-order valence-electron chi connectivity index (χ2n) is 4.33. The summed E-state index contributed by atoms with van der Waals surface area (Å²) in [6.45, 7) is 5.23. The molecule has 0 spiro atoms. The topological polar surface area (TPSA) is 52.3 Å². The van der Waals surface area contributed by atoms with Gasteiger partial charge in [-0.1, -0.05) is 0 Å². The van der Waals surface area contributed by atoms with E-state index in [1.807, 2.05) is 0 Å². The van der Waals surface area contributed by atoms with Gasteiger partial charge in [-0.15, -0.1) is 0 Å². The Morgan fingerprint density at radius 1 is 1.44 bits per heavy atom. The van der Waals surface area contributed by atoms with Crippen LogP contribution in [0.1, 0.15) is 31.1 Å². The van der Waals surface area contributed by atoms with Crippen molar-refractivity contribution in [2.24, 2.45) is 0 Å². The predicted molar refractivity (Wildman–Crippen MR) is 63.7 cm³/mol. The van der Waals surface area contributed by atoms with Crippen molar-refractivity contribution in [3.05, 3.63) is 28.0 Å². The molecule has 0 bridgehead atoms. The molecule has 0 aliphatic rings. The van der Waals surface area contributed by atoms with Crippen molar-refractivity contribution in [2.75, 3.05) is 5.73 Å². The molecule has 1 aromatic rings. The average molecular weight is 290 g/mol. The normalized spacial score (nSPS) is 11.3. The highest BCUT2D eigenvalue weighted by Crippen LogP contribution is 2.26. The minimum Gasteiger partial charge on any atom is -0.456 e. The summed E-state index contributed by atoms with van der Waals surface area (Å²) >= 11 is 2.98. The van der Waals surface area contributed by atoms with Gasteiger partial charge in [0.2, 0.25) is 0 Å². The Kier molecular flexibility index (Phi) is 3.57. The second kappa shape index (κ2) is 4.41. The number of esters is 1. The second-order valence-corrected chi connectivity index (χ2v) is 5.13. The Labute approximate surface area is 102 Å². The van der Waals surface area contributed by atoms with Crippen LogP contribution in [0.15, 0.2) is 16.6 Å². The van der Waals surface area contributed by atoms with Crippen LogP contribution in [0.2, 0.25) is 0 Å². The van der Waals surface area contributed by atoms with E-state index in [0.717, 1.165) is 0 Å². The first kappa shape index (κ1) is 13.0. The summed E-state index contributed by atoms with van der Waals surface area (Å²) < 4.78 is 18.6. The zero-order chi connectivity index (χ0) is 12.5. The summed E-state index contributed by atoms with van der Waals surface area (Å²) in [6, 6.07) is 2.76. The number of benzene rings is 1. The molecule has 88 valence electrons. The molecule has 3 nitrogen and oxygen atoms in total. The van der Waals surface area contributed by atoms with E-state index in [1.165, 1.54) is 12.1 Å². The third kappa shape index (κ3) is 2.95. The molecule has 1 aromatic carbocycles. The quantitative estimate of drug-likeness (QED) is 0.638. The van der Waals surface area contributed by atoms with E-state index >= 15 is 0 Å². The zero-order valence-corrected chi connectivity index (χ0v) is 10.9. The van der Waals surface area contributed by atoms with Gasteiger partial charge >= 0.3 is 5.97 Å². The number of carbonyl (C=O) groups excluding carboxylic acids is 1. The molecule has 1 rings (SSSR count). The molecule has 0 saturated heterocycles. The molecule has 2 N–H and O–H groups in total. The fourth-order valence-electron chi connectivity index (χ4n) is 1.06. The molecule has 0 heterocycles. The summed E-state index contributed by atoms with van der Waals surface area (Å²) in [6.07, 6.45) is 0. The Morgan fingerprint density at radius 3 is 2.50 bits per heavy atom. The number of carbonyl (C=O) groups is 1. The van der Waals surface area contributed by atoms with Crippen molar-refractivity contribution in [3.8, 4) is 0 Å². The monoisotopic (exact) mass is 289 g/mol. The van der Waals surface area contributed by atoms with Crippen LogP contribution in [0.25, 0.3) is 0 Å². The third-order valence-electron chi connectivity index (χ3n) is 1.73. The molecule has 0 unspecified atom stereocenters. The van der Waals surface area contributed by atoms with Crippen LogP contribution >= 0.6 is 15.9 Å². The van der Waals surface area contributed by atoms with Crippen molar-refractivity contribution >= 4 is 27.6 Å². The Balaban J connectivity index is 3.06. The average Bonchev–Trinajstić information content (AvgIpc) is 2.11. The van der Waals surface area contributed by atoms with Gasteiger partial charge in [0.25, 0.3) is 0 Å². The van der Waals surface area contributed by atoms with Crippen LogP contribution in [-0.2, 0) is 4.74 Å². The summed E-state index contributed by atoms with van der Waals surface area (Å²) in [4.78, 5) is 11.7. The number of halogens is 2. The highest BCUT2D eigenvalue weighted by molar-refractivity contribution is 9.10. The van der Waals surface area contributed by atoms with Crippen LogP contribution in [0.4, 0.5) is 10.1 Å². The molecule has 16 heavy (non-hydrogen) atoms. The van der Waals surface area contributed by atoms with E-state index in [9.17, 15) is 9.18 Å². The predicted octanol–water partition coefficient (Wildman–Crippen LogP) is 3.13. The Bertz CT molecular complexity index is 427. The minimum atomic E-state index is -0.650. The number of nitrogen functional groups attached to an aromatic ring is 1. The fraction of sp³-hybridized carbons (Fsp3) is 0.364. The first-order chi connectivity index (χ1) is 7.22. The number of anilines is 1. The van der Waals surface area contributed by atoms with E-state index in [-0.39, 0.29) is 15.7 Å². The number of hydrogen-bond acceptors (Lipinski definition) is 3. The molecule has 0 amide bonds. The van der Waals surface area contributed by atoms with Gasteiger partial charge in [-0.05, 0) is 48.8 Å².